The van der Waals surface area contributed by atoms with E-state index in [1.807, 2.05) is 163 Å². The molecule has 0 aliphatic carbocycles. The zero-order valence-electron chi connectivity index (χ0n) is 74.2. The molecule has 20 nitrogen and oxygen atoms in total. The van der Waals surface area contributed by atoms with Gasteiger partial charge in [-0.05, 0) is 132 Å². The molecule has 18 aromatic rings. The molecule has 0 saturated carbocycles. The predicted octanol–water partition coefficient (Wildman–Crippen LogP) is 25.8. The molecular weight excluding hydrogens is 2820 g/mol. The summed E-state index contributed by atoms with van der Waals surface area (Å²) in [5.41, 5.74) is 28.3. The Morgan fingerprint density at radius 2 is 0.909 bits per heavy atom. The Labute approximate surface area is 871 Å². The first-order valence-corrected chi connectivity index (χ1v) is 43.7. The number of pyridine rings is 1. The molecule has 0 bridgehead atoms. The molecule has 0 unspecified atom stereocenters. The minimum absolute atomic E-state index is 0. The van der Waals surface area contributed by atoms with Crippen molar-refractivity contribution in [1.29, 1.82) is 0 Å². The molecule has 0 atom stereocenters. The van der Waals surface area contributed by atoms with Crippen LogP contribution in [0.5, 0.6) is 0 Å². The Morgan fingerprint density at radius 3 is 1.33 bits per heavy atom. The fraction of sp³-hybridized carbons (Fsp3) is 0.149. The Balaban J connectivity index is 0.000000315. The maximum absolute atomic E-state index is 10.0. The van der Waals surface area contributed by atoms with Crippen LogP contribution in [0.1, 0.15) is 69.3 Å². The van der Waals surface area contributed by atoms with Gasteiger partial charge in [-0.3, -0.25) is 50.0 Å². The number of rotatable bonds is 15. The number of aliphatic hydroxyl groups is 3. The molecular formula is C101H93Ir6N11O9S5-6. The first-order valence-electron chi connectivity index (χ1n) is 39.3. The number of aliphatic hydroxyl groups excluding tert-OH is 3. The smallest absolute Gasteiger partial charge is 0.167 e. The van der Waals surface area contributed by atoms with Crippen molar-refractivity contribution in [1.82, 2.24) is 53.6 Å². The number of oxazole rings is 1. The largest absolute Gasteiger partial charge is 0.540 e. The van der Waals surface area contributed by atoms with Gasteiger partial charge in [-0.1, -0.05) is 244 Å². The fourth-order valence-electron chi connectivity index (χ4n) is 12.3. The second-order valence-electron chi connectivity index (χ2n) is 28.1. The topological polar surface area (TPSA) is 261 Å². The number of nitrogens with zero attached hydrogens (tertiary/aromatic N) is 11. The maximum atomic E-state index is 10.0. The Hall–Kier alpha value is -10.2. The third kappa shape index (κ3) is 33.5. The monoisotopic (exact) mass is 2920 g/mol. The summed E-state index contributed by atoms with van der Waals surface area (Å²) < 4.78 is 23.7. The van der Waals surface area contributed by atoms with Crippen LogP contribution in [0, 0.1) is 70.3 Å². The molecule has 13 aromatic heterocycles. The van der Waals surface area contributed by atoms with Crippen LogP contribution in [0.25, 0.3) is 133 Å². The average molecular weight is 2920 g/mol. The van der Waals surface area contributed by atoms with Crippen molar-refractivity contribution < 1.29 is 164 Å². The van der Waals surface area contributed by atoms with Crippen molar-refractivity contribution in [3.8, 4) is 133 Å². The van der Waals surface area contributed by atoms with Crippen molar-refractivity contribution in [2.45, 2.75) is 76.2 Å². The number of hydrogen-bond acceptors (Lipinski definition) is 21. The number of aryl methyl sites for hydroxylation is 8. The van der Waals surface area contributed by atoms with Gasteiger partial charge in [0.1, 0.15) is 0 Å². The van der Waals surface area contributed by atoms with E-state index in [1.165, 1.54) is 120 Å². The summed E-state index contributed by atoms with van der Waals surface area (Å²) in [5.74, 6) is 1.42. The maximum Gasteiger partial charge on any atom is 0.167 e. The molecule has 6 radical (unpaired) electrons. The number of benzene rings is 5. The molecule has 0 spiro atoms. The fourth-order valence-corrected chi connectivity index (χ4v) is 16.1. The minimum atomic E-state index is -0.125. The normalized spacial score (nSPS) is 10.3. The summed E-state index contributed by atoms with van der Waals surface area (Å²) in [4.78, 5) is 56.5. The van der Waals surface area contributed by atoms with Gasteiger partial charge in [0.25, 0.3) is 0 Å². The van der Waals surface area contributed by atoms with Gasteiger partial charge in [0, 0.05) is 213 Å². The van der Waals surface area contributed by atoms with E-state index in [1.54, 1.807) is 87.9 Å². The Bertz CT molecular complexity index is 6310. The quantitative estimate of drug-likeness (QED) is 0.0489. The summed E-state index contributed by atoms with van der Waals surface area (Å²) in [5, 5.41) is 43.5. The van der Waals surface area contributed by atoms with E-state index in [0.717, 1.165) is 107 Å². The Kier molecular flexibility index (Phi) is 50.2. The van der Waals surface area contributed by atoms with Crippen molar-refractivity contribution in [2.75, 3.05) is 0 Å². The molecule has 132 heavy (non-hydrogen) atoms. The molecule has 696 valence electrons. The van der Waals surface area contributed by atoms with Gasteiger partial charge in [0.2, 0.25) is 0 Å². The number of thiazole rings is 2. The summed E-state index contributed by atoms with van der Waals surface area (Å²) in [6, 6.07) is 75.6. The van der Waals surface area contributed by atoms with Crippen LogP contribution in [0.2, 0.25) is 0 Å². The van der Waals surface area contributed by atoms with Gasteiger partial charge >= 0.3 is 0 Å². The zero-order chi connectivity index (χ0) is 90.2. The summed E-state index contributed by atoms with van der Waals surface area (Å²) in [6.07, 6.45) is 17.1. The first kappa shape index (κ1) is 114. The van der Waals surface area contributed by atoms with Gasteiger partial charge < -0.3 is 47.7 Å². The van der Waals surface area contributed by atoms with E-state index in [2.05, 4.69) is 205 Å². The molecule has 5 aromatic carbocycles. The van der Waals surface area contributed by atoms with Crippen LogP contribution >= 0.6 is 56.7 Å². The van der Waals surface area contributed by atoms with E-state index in [4.69, 9.17) is 28.6 Å². The molecule has 3 N–H and O–H groups in total. The zero-order valence-corrected chi connectivity index (χ0v) is 92.7. The summed E-state index contributed by atoms with van der Waals surface area (Å²) >= 11 is 8.29. The molecule has 13 heterocycles. The predicted molar refractivity (Wildman–Crippen MR) is 508 cm³/mol. The number of carbonyl (C=O) groups is 3. The van der Waals surface area contributed by atoms with Gasteiger partial charge in [-0.2, -0.15) is 18.2 Å². The standard InChI is InChI=1S/C16H16N3.C16H15N2S.C14H12N3O.C14H10NOS.C13H8NOS.C13H8NS2.3C5H8O2.6Ir/c1-12-11-15(17-19(12)3)14-9-10-18(2)16(14)13-7-5-4-6-8-13;1-11-16(17-10-18(11)3)14-9-19-12(2)15(14)13-7-5-4-6-8-13;1-10-8-13(16-17(10)2)12-5-7-18-14(12)11-4-3-6-15-9-11;1-10-12(7-8-16-10)13-14(17-9-15-13)11-5-3-2-4-6-11;2*1-2-4-10(5-3-1)13-11(6-7-16-13)12-8-15-9-14-12;3*1-4(6)3-5(2)7;;;;;;/h4-8,10-11H,1-3H3;4-8,10H,1-3H3;3-4,6-9H,1-2H3;2-6,8-9H,1H3;2*1-5,7-9H;3*3,6H,1-2H3;;;;;;/q6*-1;;;;;;;;;. The molecule has 18 rings (SSSR count). The van der Waals surface area contributed by atoms with Crippen molar-refractivity contribution in [3.05, 3.63) is 352 Å². The number of allylic oxidation sites excluding steroid dienone is 6. The van der Waals surface area contributed by atoms with Gasteiger partial charge in [0.15, 0.2) is 23.7 Å². The third-order valence-corrected chi connectivity index (χ3v) is 22.4. The van der Waals surface area contributed by atoms with E-state index in [-0.39, 0.29) is 155 Å². The van der Waals surface area contributed by atoms with Gasteiger partial charge in [-0.25, -0.2) is 32.9 Å². The van der Waals surface area contributed by atoms with E-state index in [9.17, 15) is 14.4 Å². The molecule has 0 aliphatic rings. The number of imidazole rings is 1. The third-order valence-electron chi connectivity index (χ3n) is 18.3. The molecule has 0 amide bonds. The SMILES string of the molecule is CC(=O)C=C(C)O.CC(=O)C=C(C)O.CC(=O)C=C(C)O.Cc1cc(-c2[c-]cn(C)c2-c2ccccc2)nn1C.Cc1cc(-c2[c-]coc2-c2cccnc2)nn1C.Cc1oc[c-]c1-c1ncsc1-c1ccccc1.Cc1s[c-]c(-c2ncn(C)c2C)c1-c1ccccc1.[Ir].[Ir].[Ir].[Ir].[Ir].[Ir].[c-]1csc(-c2ccccc2)c1-c1cocn1.[c-]1csc(-c2ccccc2)c1-c1cscn1. The van der Waals surface area contributed by atoms with Crippen LogP contribution in [0.15, 0.2) is 302 Å². The van der Waals surface area contributed by atoms with Crippen LogP contribution < -0.4 is 0 Å². The van der Waals surface area contributed by atoms with Gasteiger partial charge in [0.05, 0.1) is 40.9 Å². The minimum Gasteiger partial charge on any atom is -0.540 e. The molecule has 31 heteroatoms. The van der Waals surface area contributed by atoms with Crippen LogP contribution in [-0.2, 0) is 163 Å². The van der Waals surface area contributed by atoms with Gasteiger partial charge in [-0.15, -0.1) is 78.6 Å². The second-order valence-corrected chi connectivity index (χ2v) is 32.5. The number of furan rings is 2. The van der Waals surface area contributed by atoms with E-state index < -0.39 is 0 Å². The van der Waals surface area contributed by atoms with Crippen LogP contribution in [0.4, 0.5) is 0 Å². The molecule has 0 aliphatic heterocycles. The van der Waals surface area contributed by atoms with Crippen molar-refractivity contribution in [3.63, 3.8) is 0 Å². The first-order chi connectivity index (χ1) is 60.7. The number of thiophene rings is 3. The second kappa shape index (κ2) is 58.1. The van der Waals surface area contributed by atoms with Crippen molar-refractivity contribution >= 4 is 74.0 Å². The van der Waals surface area contributed by atoms with E-state index in [0.29, 0.717) is 0 Å². The van der Waals surface area contributed by atoms with Crippen LogP contribution in [-0.4, -0.2) is 86.3 Å². The summed E-state index contributed by atoms with van der Waals surface area (Å²) in [6.45, 7) is 18.8. The molecule has 0 saturated heterocycles. The number of ketones is 3. The molecule has 0 fully saturated rings. The van der Waals surface area contributed by atoms with E-state index >= 15 is 0 Å². The Morgan fingerprint density at radius 1 is 0.439 bits per heavy atom. The summed E-state index contributed by atoms with van der Waals surface area (Å²) in [7, 11) is 7.94. The number of carbonyl (C=O) groups excluding carboxylic acids is 3. The number of hydrogen-bond donors (Lipinski definition) is 3. The van der Waals surface area contributed by atoms with Crippen LogP contribution in [0.3, 0.4) is 0 Å². The van der Waals surface area contributed by atoms with Crippen molar-refractivity contribution in [2.24, 2.45) is 28.2 Å². The number of aromatic nitrogens is 11. The average Bonchev–Trinajstić information content (AvgIpc) is 1.64.